The summed E-state index contributed by atoms with van der Waals surface area (Å²) in [5, 5.41) is 8.78. The molecule has 0 saturated carbocycles. The Morgan fingerprint density at radius 3 is 2.50 bits per heavy atom. The van der Waals surface area contributed by atoms with E-state index in [-0.39, 0.29) is 28.8 Å². The first kappa shape index (κ1) is 21.7. The predicted octanol–water partition coefficient (Wildman–Crippen LogP) is 3.89. The third-order valence-electron chi connectivity index (χ3n) is 4.81. The zero-order valence-electron chi connectivity index (χ0n) is 16.7. The van der Waals surface area contributed by atoms with Gasteiger partial charge in [0.2, 0.25) is 17.8 Å². The Labute approximate surface area is 192 Å². The van der Waals surface area contributed by atoms with Gasteiger partial charge in [0, 0.05) is 17.8 Å². The molecule has 0 spiro atoms. The first-order valence-electron chi connectivity index (χ1n) is 9.45. The molecular formula is C21H17Cl2N5O4. The molecule has 0 fully saturated rings. The van der Waals surface area contributed by atoms with E-state index in [4.69, 9.17) is 27.9 Å². The summed E-state index contributed by atoms with van der Waals surface area (Å²) in [4.78, 5) is 44.8. The quantitative estimate of drug-likeness (QED) is 0.445. The number of nitrogens with one attached hydrogen (secondary N) is 4. The minimum absolute atomic E-state index is 0.0234. The van der Waals surface area contributed by atoms with Gasteiger partial charge in [0.25, 0.3) is 5.56 Å². The lowest BCUT2D eigenvalue weighted by atomic mass is 9.92. The SMILES string of the molecule is COc1ccc(Nc2nc3c(c(=O)[nH]2)[C@@H](C(=O)Nc2ccc(Cl)c(Cl)c2)CC(=O)N3)cc1. The van der Waals surface area contributed by atoms with Crippen molar-refractivity contribution in [1.29, 1.82) is 0 Å². The van der Waals surface area contributed by atoms with Crippen LogP contribution in [0.1, 0.15) is 17.9 Å². The number of nitrogens with zero attached hydrogens (tertiary/aromatic N) is 1. The summed E-state index contributed by atoms with van der Waals surface area (Å²) in [5.74, 6) is -1.19. The minimum atomic E-state index is -1.03. The average molecular weight is 474 g/mol. The molecule has 4 rings (SSSR count). The van der Waals surface area contributed by atoms with Crippen LogP contribution in [0.2, 0.25) is 10.0 Å². The summed E-state index contributed by atoms with van der Waals surface area (Å²) >= 11 is 11.9. The molecule has 2 heterocycles. The van der Waals surface area contributed by atoms with E-state index in [0.717, 1.165) is 0 Å². The Kier molecular flexibility index (Phi) is 6.02. The molecule has 1 atom stereocenters. The van der Waals surface area contributed by atoms with Crippen LogP contribution in [0, 0.1) is 0 Å². The lowest BCUT2D eigenvalue weighted by Gasteiger charge is -2.23. The van der Waals surface area contributed by atoms with Crippen LogP contribution in [0.15, 0.2) is 47.3 Å². The molecule has 2 aromatic carbocycles. The highest BCUT2D eigenvalue weighted by Crippen LogP contribution is 2.31. The molecule has 2 amide bonds. The number of rotatable bonds is 5. The molecule has 11 heteroatoms. The highest BCUT2D eigenvalue weighted by Gasteiger charge is 2.34. The van der Waals surface area contributed by atoms with Gasteiger partial charge in [0.05, 0.1) is 28.6 Å². The number of carbonyl (C=O) groups is 2. The average Bonchev–Trinajstić information content (AvgIpc) is 2.76. The van der Waals surface area contributed by atoms with E-state index in [1.165, 1.54) is 12.1 Å². The molecule has 4 N–H and O–H groups in total. The van der Waals surface area contributed by atoms with E-state index < -0.39 is 23.3 Å². The van der Waals surface area contributed by atoms with Crippen LogP contribution in [0.4, 0.5) is 23.1 Å². The molecule has 0 bridgehead atoms. The molecule has 0 saturated heterocycles. The van der Waals surface area contributed by atoms with Gasteiger partial charge in [-0.3, -0.25) is 19.4 Å². The second kappa shape index (κ2) is 8.89. The van der Waals surface area contributed by atoms with Crippen molar-refractivity contribution in [2.24, 2.45) is 0 Å². The Bertz CT molecular complexity index is 1260. The van der Waals surface area contributed by atoms with Gasteiger partial charge in [0.1, 0.15) is 11.6 Å². The van der Waals surface area contributed by atoms with Crippen LogP contribution in [0.3, 0.4) is 0 Å². The lowest BCUT2D eigenvalue weighted by Crippen LogP contribution is -2.36. The fourth-order valence-electron chi connectivity index (χ4n) is 3.27. The molecule has 1 aliphatic rings. The molecule has 1 aliphatic heterocycles. The smallest absolute Gasteiger partial charge is 0.258 e. The molecule has 1 aromatic heterocycles. The number of fused-ring (bicyclic) bond motifs is 1. The van der Waals surface area contributed by atoms with Crippen molar-refractivity contribution in [2.75, 3.05) is 23.1 Å². The maximum Gasteiger partial charge on any atom is 0.258 e. The third-order valence-corrected chi connectivity index (χ3v) is 5.55. The van der Waals surface area contributed by atoms with E-state index >= 15 is 0 Å². The monoisotopic (exact) mass is 473 g/mol. The molecule has 0 radical (unpaired) electrons. The van der Waals surface area contributed by atoms with Crippen molar-refractivity contribution in [3.63, 3.8) is 0 Å². The van der Waals surface area contributed by atoms with Crippen molar-refractivity contribution in [1.82, 2.24) is 9.97 Å². The van der Waals surface area contributed by atoms with Gasteiger partial charge >= 0.3 is 0 Å². The van der Waals surface area contributed by atoms with Gasteiger partial charge in [-0.15, -0.1) is 0 Å². The predicted molar refractivity (Wildman–Crippen MR) is 122 cm³/mol. The summed E-state index contributed by atoms with van der Waals surface area (Å²) in [7, 11) is 1.56. The maximum absolute atomic E-state index is 12.9. The number of amides is 2. The van der Waals surface area contributed by atoms with Gasteiger partial charge in [-0.2, -0.15) is 4.98 Å². The van der Waals surface area contributed by atoms with Crippen LogP contribution in [0.25, 0.3) is 0 Å². The first-order chi connectivity index (χ1) is 15.3. The second-order valence-electron chi connectivity index (χ2n) is 6.95. The normalized spacial score (nSPS) is 14.8. The molecule has 32 heavy (non-hydrogen) atoms. The lowest BCUT2D eigenvalue weighted by molar-refractivity contribution is -0.123. The Morgan fingerprint density at radius 2 is 1.81 bits per heavy atom. The van der Waals surface area contributed by atoms with Crippen molar-refractivity contribution in [2.45, 2.75) is 12.3 Å². The molecule has 0 unspecified atom stereocenters. The third kappa shape index (κ3) is 4.53. The summed E-state index contributed by atoms with van der Waals surface area (Å²) in [5.41, 5.74) is 0.562. The number of aromatic nitrogens is 2. The van der Waals surface area contributed by atoms with E-state index in [1.54, 1.807) is 37.4 Å². The highest BCUT2D eigenvalue weighted by atomic mass is 35.5. The van der Waals surface area contributed by atoms with Crippen LogP contribution in [-0.4, -0.2) is 28.9 Å². The molecule has 164 valence electrons. The zero-order valence-corrected chi connectivity index (χ0v) is 18.2. The van der Waals surface area contributed by atoms with Gasteiger partial charge < -0.3 is 20.7 Å². The van der Waals surface area contributed by atoms with Crippen LogP contribution < -0.4 is 26.2 Å². The molecule has 9 nitrogen and oxygen atoms in total. The number of halogens is 2. The fourth-order valence-corrected chi connectivity index (χ4v) is 3.57. The van der Waals surface area contributed by atoms with Gasteiger partial charge in [0.15, 0.2) is 0 Å². The van der Waals surface area contributed by atoms with E-state index in [1.807, 2.05) is 0 Å². The number of methoxy groups -OCH3 is 1. The largest absolute Gasteiger partial charge is 0.497 e. The van der Waals surface area contributed by atoms with Crippen molar-refractivity contribution in [3.8, 4) is 5.75 Å². The van der Waals surface area contributed by atoms with Gasteiger partial charge in [-0.05, 0) is 42.5 Å². The Morgan fingerprint density at radius 1 is 1.09 bits per heavy atom. The number of hydrogen-bond acceptors (Lipinski definition) is 6. The van der Waals surface area contributed by atoms with Gasteiger partial charge in [-0.1, -0.05) is 23.2 Å². The first-order valence-corrected chi connectivity index (χ1v) is 10.2. The van der Waals surface area contributed by atoms with E-state index in [2.05, 4.69) is 25.9 Å². The van der Waals surface area contributed by atoms with Crippen LogP contribution in [0.5, 0.6) is 5.75 Å². The topological polar surface area (TPSA) is 125 Å². The highest BCUT2D eigenvalue weighted by molar-refractivity contribution is 6.42. The summed E-state index contributed by atoms with van der Waals surface area (Å²) in [6, 6.07) is 11.5. The number of ether oxygens (including phenoxy) is 1. The Balaban J connectivity index is 1.61. The van der Waals surface area contributed by atoms with E-state index in [0.29, 0.717) is 22.1 Å². The maximum atomic E-state index is 12.9. The second-order valence-corrected chi connectivity index (χ2v) is 7.77. The summed E-state index contributed by atoms with van der Waals surface area (Å²) in [6.45, 7) is 0. The van der Waals surface area contributed by atoms with Gasteiger partial charge in [-0.25, -0.2) is 0 Å². The van der Waals surface area contributed by atoms with Crippen molar-refractivity contribution < 1.29 is 14.3 Å². The number of aromatic amines is 1. The van der Waals surface area contributed by atoms with Crippen molar-refractivity contribution >= 4 is 58.2 Å². The minimum Gasteiger partial charge on any atom is -0.497 e. The van der Waals surface area contributed by atoms with Crippen LogP contribution in [-0.2, 0) is 9.59 Å². The number of carbonyl (C=O) groups excluding carboxylic acids is 2. The number of hydrogen-bond donors (Lipinski definition) is 4. The summed E-state index contributed by atoms with van der Waals surface area (Å²) in [6.07, 6.45) is -0.198. The fraction of sp³-hybridized carbons (Fsp3) is 0.143. The molecule has 0 aliphatic carbocycles. The number of benzene rings is 2. The number of H-pyrrole nitrogens is 1. The standard InChI is InChI=1S/C21H17Cl2N5O4/c1-32-12-5-2-10(3-6-12)25-21-27-18-17(20(31)28-21)13(9-16(29)26-18)19(30)24-11-4-7-14(22)15(23)8-11/h2-8,13H,9H2,1H3,(H,24,30)(H3,25,26,27,28,29,31)/t13-/m0/s1. The Hall–Kier alpha value is -3.56. The number of anilines is 4. The van der Waals surface area contributed by atoms with E-state index in [9.17, 15) is 14.4 Å². The molecular weight excluding hydrogens is 457 g/mol. The molecule has 3 aromatic rings. The van der Waals surface area contributed by atoms with Crippen molar-refractivity contribution in [3.05, 3.63) is 68.4 Å². The zero-order chi connectivity index (χ0) is 22.8. The van der Waals surface area contributed by atoms with Crippen LogP contribution >= 0.6 is 23.2 Å². The summed E-state index contributed by atoms with van der Waals surface area (Å²) < 4.78 is 5.11.